The van der Waals surface area contributed by atoms with E-state index in [-0.39, 0.29) is 11.8 Å². The third-order valence-electron chi connectivity index (χ3n) is 4.67. The van der Waals surface area contributed by atoms with Gasteiger partial charge in [-0.2, -0.15) is 4.98 Å². The molecule has 0 aliphatic heterocycles. The van der Waals surface area contributed by atoms with Crippen LogP contribution >= 0.6 is 0 Å². The first-order chi connectivity index (χ1) is 9.15. The second-order valence-electron chi connectivity index (χ2n) is 6.09. The van der Waals surface area contributed by atoms with Crippen LogP contribution < -0.4 is 0 Å². The van der Waals surface area contributed by atoms with Gasteiger partial charge in [0.15, 0.2) is 5.82 Å². The highest BCUT2D eigenvalue weighted by Crippen LogP contribution is 2.41. The highest BCUT2D eigenvalue weighted by molar-refractivity contribution is 5.71. The molecule has 1 heterocycles. The molecule has 4 atom stereocenters. The lowest BCUT2D eigenvalue weighted by Crippen LogP contribution is -2.17. The van der Waals surface area contributed by atoms with Crippen molar-refractivity contribution in [1.29, 1.82) is 0 Å². The molecular weight excluding hydrogens is 244 g/mol. The van der Waals surface area contributed by atoms with E-state index in [9.17, 15) is 9.90 Å². The topological polar surface area (TPSA) is 76.2 Å². The normalized spacial score (nSPS) is 34.8. The Morgan fingerprint density at radius 1 is 1.32 bits per heavy atom. The fourth-order valence-electron chi connectivity index (χ4n) is 3.56. The van der Waals surface area contributed by atoms with E-state index in [1.54, 1.807) is 0 Å². The summed E-state index contributed by atoms with van der Waals surface area (Å²) in [6.45, 7) is 2.25. The van der Waals surface area contributed by atoms with Gasteiger partial charge in [0.05, 0.1) is 11.8 Å². The Hall–Kier alpha value is -1.39. The van der Waals surface area contributed by atoms with Crippen molar-refractivity contribution in [1.82, 2.24) is 10.1 Å². The third kappa shape index (κ3) is 2.38. The number of carboxylic acids is 1. The van der Waals surface area contributed by atoms with Crippen molar-refractivity contribution in [2.45, 2.75) is 57.3 Å². The van der Waals surface area contributed by atoms with E-state index in [2.05, 4.69) is 17.1 Å². The molecule has 0 radical (unpaired) electrons. The molecule has 3 rings (SSSR count). The Morgan fingerprint density at radius 2 is 2.16 bits per heavy atom. The molecule has 0 bridgehead atoms. The first-order valence-corrected chi connectivity index (χ1v) is 7.21. The first-order valence-electron chi connectivity index (χ1n) is 7.21. The van der Waals surface area contributed by atoms with Crippen molar-refractivity contribution >= 4 is 5.97 Å². The van der Waals surface area contributed by atoms with Gasteiger partial charge in [-0.3, -0.25) is 4.79 Å². The minimum atomic E-state index is -0.739. The highest BCUT2D eigenvalue weighted by atomic mass is 16.5. The van der Waals surface area contributed by atoms with Gasteiger partial charge in [0.2, 0.25) is 5.89 Å². The summed E-state index contributed by atoms with van der Waals surface area (Å²) in [7, 11) is 0. The van der Waals surface area contributed by atoms with E-state index in [0.29, 0.717) is 11.8 Å². The van der Waals surface area contributed by atoms with Crippen molar-refractivity contribution in [3.05, 3.63) is 11.7 Å². The molecule has 2 saturated carbocycles. The van der Waals surface area contributed by atoms with E-state index in [4.69, 9.17) is 4.52 Å². The summed E-state index contributed by atoms with van der Waals surface area (Å²) in [6, 6.07) is 0. The molecule has 2 fully saturated rings. The average Bonchev–Trinajstić information content (AvgIpc) is 3.07. The maximum Gasteiger partial charge on any atom is 0.307 e. The largest absolute Gasteiger partial charge is 0.481 e. The number of carboxylic acid groups (broad SMARTS) is 1. The fraction of sp³-hybridized carbons (Fsp3) is 0.786. The molecule has 0 spiro atoms. The zero-order valence-electron chi connectivity index (χ0n) is 11.2. The van der Waals surface area contributed by atoms with Crippen LogP contribution in [0.2, 0.25) is 0 Å². The Bertz CT molecular complexity index is 471. The van der Waals surface area contributed by atoms with E-state index in [0.717, 1.165) is 43.8 Å². The number of carbonyl (C=O) groups is 1. The van der Waals surface area contributed by atoms with E-state index in [1.807, 2.05) is 0 Å². The maximum absolute atomic E-state index is 11.2. The van der Waals surface area contributed by atoms with Gasteiger partial charge in [0, 0.05) is 5.92 Å². The van der Waals surface area contributed by atoms with Crippen LogP contribution in [-0.2, 0) is 4.79 Å². The monoisotopic (exact) mass is 264 g/mol. The molecule has 0 amide bonds. The van der Waals surface area contributed by atoms with Gasteiger partial charge in [-0.05, 0) is 38.0 Å². The summed E-state index contributed by atoms with van der Waals surface area (Å²) in [5.41, 5.74) is 0. The van der Waals surface area contributed by atoms with Crippen LogP contribution in [0.3, 0.4) is 0 Å². The molecule has 19 heavy (non-hydrogen) atoms. The molecule has 5 nitrogen and oxygen atoms in total. The van der Waals surface area contributed by atoms with Crippen LogP contribution in [0.15, 0.2) is 4.52 Å². The molecule has 0 aromatic carbocycles. The lowest BCUT2D eigenvalue weighted by Gasteiger charge is -2.10. The molecule has 1 aromatic heterocycles. The summed E-state index contributed by atoms with van der Waals surface area (Å²) >= 11 is 0. The van der Waals surface area contributed by atoms with Crippen molar-refractivity contribution in [3.63, 3.8) is 0 Å². The minimum Gasteiger partial charge on any atom is -0.481 e. The van der Waals surface area contributed by atoms with E-state index < -0.39 is 5.97 Å². The Balaban J connectivity index is 1.76. The standard InChI is InChI=1S/C14H20N2O3/c1-8-5-6-9(7-8)12-15-13(19-16-12)10-3-2-4-11(10)14(17)18/h8-11H,2-7H2,1H3,(H,17,18). The number of hydrogen-bond acceptors (Lipinski definition) is 4. The SMILES string of the molecule is CC1CCC(c2noc(C3CCCC3C(=O)O)n2)C1. The molecule has 0 saturated heterocycles. The van der Waals surface area contributed by atoms with Gasteiger partial charge in [-0.15, -0.1) is 0 Å². The molecule has 1 N–H and O–H groups in total. The van der Waals surface area contributed by atoms with E-state index in [1.165, 1.54) is 6.42 Å². The number of aliphatic carboxylic acids is 1. The second kappa shape index (κ2) is 4.94. The van der Waals surface area contributed by atoms with Crippen LogP contribution in [-0.4, -0.2) is 21.2 Å². The lowest BCUT2D eigenvalue weighted by molar-refractivity contribution is -0.142. The van der Waals surface area contributed by atoms with Crippen molar-refractivity contribution in [3.8, 4) is 0 Å². The van der Waals surface area contributed by atoms with Crippen LogP contribution in [0, 0.1) is 11.8 Å². The van der Waals surface area contributed by atoms with Crippen molar-refractivity contribution in [2.24, 2.45) is 11.8 Å². The Morgan fingerprint density at radius 3 is 2.84 bits per heavy atom. The van der Waals surface area contributed by atoms with Gasteiger partial charge in [-0.1, -0.05) is 18.5 Å². The quantitative estimate of drug-likeness (QED) is 0.908. The summed E-state index contributed by atoms with van der Waals surface area (Å²) in [5.74, 6) is 1.28. The molecule has 5 heteroatoms. The van der Waals surface area contributed by atoms with Crippen LogP contribution in [0.1, 0.15) is 69.0 Å². The summed E-state index contributed by atoms with van der Waals surface area (Å²) in [4.78, 5) is 15.7. The Kier molecular flexibility index (Phi) is 3.29. The lowest BCUT2D eigenvalue weighted by atomic mass is 9.96. The van der Waals surface area contributed by atoms with Gasteiger partial charge in [0.25, 0.3) is 0 Å². The summed E-state index contributed by atoms with van der Waals surface area (Å²) < 4.78 is 5.35. The van der Waals surface area contributed by atoms with Gasteiger partial charge in [-0.25, -0.2) is 0 Å². The van der Waals surface area contributed by atoms with Crippen molar-refractivity contribution in [2.75, 3.05) is 0 Å². The second-order valence-corrected chi connectivity index (χ2v) is 6.09. The predicted molar refractivity (Wildman–Crippen MR) is 67.8 cm³/mol. The molecule has 1 aromatic rings. The number of nitrogens with zero attached hydrogens (tertiary/aromatic N) is 2. The maximum atomic E-state index is 11.2. The fourth-order valence-corrected chi connectivity index (χ4v) is 3.56. The first kappa shape index (κ1) is 12.6. The van der Waals surface area contributed by atoms with Crippen molar-refractivity contribution < 1.29 is 14.4 Å². The number of rotatable bonds is 3. The molecule has 4 unspecified atom stereocenters. The molecular formula is C14H20N2O3. The van der Waals surface area contributed by atoms with Crippen LogP contribution in [0.4, 0.5) is 0 Å². The highest BCUT2D eigenvalue weighted by Gasteiger charge is 2.38. The smallest absolute Gasteiger partial charge is 0.307 e. The molecule has 2 aliphatic carbocycles. The van der Waals surface area contributed by atoms with Gasteiger partial charge < -0.3 is 9.63 Å². The zero-order valence-corrected chi connectivity index (χ0v) is 11.2. The average molecular weight is 264 g/mol. The zero-order chi connectivity index (χ0) is 13.4. The van der Waals surface area contributed by atoms with Gasteiger partial charge >= 0.3 is 5.97 Å². The molecule has 2 aliphatic rings. The third-order valence-corrected chi connectivity index (χ3v) is 4.67. The van der Waals surface area contributed by atoms with Crippen LogP contribution in [0.5, 0.6) is 0 Å². The Labute approximate surface area is 112 Å². The number of aromatic nitrogens is 2. The van der Waals surface area contributed by atoms with Crippen LogP contribution in [0.25, 0.3) is 0 Å². The minimum absolute atomic E-state index is 0.0856. The summed E-state index contributed by atoms with van der Waals surface area (Å²) in [6.07, 6.45) is 5.95. The molecule has 104 valence electrons. The summed E-state index contributed by atoms with van der Waals surface area (Å²) in [5, 5.41) is 13.3. The van der Waals surface area contributed by atoms with E-state index >= 15 is 0 Å². The number of hydrogen-bond donors (Lipinski definition) is 1. The van der Waals surface area contributed by atoms with Gasteiger partial charge in [0.1, 0.15) is 0 Å². The predicted octanol–water partition coefficient (Wildman–Crippen LogP) is 2.94.